The molecular formula is C15H11F2N3O2. The first-order valence-electron chi connectivity index (χ1n) is 6.70. The number of anilines is 2. The Hall–Kier alpha value is -2.83. The minimum Gasteiger partial charge on any atom is -0.486 e. The second kappa shape index (κ2) is 4.87. The van der Waals surface area contributed by atoms with Gasteiger partial charge in [0.15, 0.2) is 11.5 Å². The number of ether oxygens (including phenoxy) is 2. The molecule has 0 atom stereocenters. The standard InChI is InChI=1S/C15H11F2N3O2/c16-8-1-2-10(9(17)5-8)18-15-19-11-6-13-14(7-12(11)20-15)22-4-3-21-13/h1-2,5-7H,3-4H2,(H2,18,19,20). The van der Waals surface area contributed by atoms with Crippen LogP contribution in [0.1, 0.15) is 0 Å². The summed E-state index contributed by atoms with van der Waals surface area (Å²) in [5.74, 6) is 0.301. The van der Waals surface area contributed by atoms with Gasteiger partial charge in [-0.05, 0) is 12.1 Å². The second-order valence-corrected chi connectivity index (χ2v) is 4.85. The van der Waals surface area contributed by atoms with Gasteiger partial charge in [0.25, 0.3) is 0 Å². The summed E-state index contributed by atoms with van der Waals surface area (Å²) in [7, 11) is 0. The summed E-state index contributed by atoms with van der Waals surface area (Å²) in [5.41, 5.74) is 1.53. The number of fused-ring (bicyclic) bond motifs is 2. The Morgan fingerprint density at radius 2 is 1.82 bits per heavy atom. The summed E-state index contributed by atoms with van der Waals surface area (Å²) in [6.07, 6.45) is 0. The van der Waals surface area contributed by atoms with Gasteiger partial charge in [-0.2, -0.15) is 0 Å². The van der Waals surface area contributed by atoms with Crippen LogP contribution < -0.4 is 14.8 Å². The van der Waals surface area contributed by atoms with Crippen LogP contribution in [0.5, 0.6) is 11.5 Å². The van der Waals surface area contributed by atoms with E-state index in [-0.39, 0.29) is 5.69 Å². The van der Waals surface area contributed by atoms with Crippen LogP contribution in [0.4, 0.5) is 20.4 Å². The fraction of sp³-hybridized carbons (Fsp3) is 0.133. The lowest BCUT2D eigenvalue weighted by Gasteiger charge is -2.17. The molecule has 1 aliphatic heterocycles. The molecule has 0 aliphatic carbocycles. The lowest BCUT2D eigenvalue weighted by Crippen LogP contribution is -2.15. The highest BCUT2D eigenvalue weighted by atomic mass is 19.1. The van der Waals surface area contributed by atoms with E-state index in [9.17, 15) is 8.78 Å². The number of aromatic amines is 1. The average Bonchev–Trinajstić information content (AvgIpc) is 2.89. The number of imidazole rings is 1. The van der Waals surface area contributed by atoms with Crippen molar-refractivity contribution in [2.24, 2.45) is 0 Å². The topological polar surface area (TPSA) is 59.2 Å². The fourth-order valence-electron chi connectivity index (χ4n) is 2.32. The average molecular weight is 303 g/mol. The fourth-order valence-corrected chi connectivity index (χ4v) is 2.32. The van der Waals surface area contributed by atoms with Gasteiger partial charge in [-0.15, -0.1) is 0 Å². The summed E-state index contributed by atoms with van der Waals surface area (Å²) < 4.78 is 37.5. The number of H-pyrrole nitrogens is 1. The van der Waals surface area contributed by atoms with Crippen molar-refractivity contribution in [2.45, 2.75) is 0 Å². The Labute approximate surface area is 123 Å². The Morgan fingerprint density at radius 3 is 2.59 bits per heavy atom. The Balaban J connectivity index is 1.70. The van der Waals surface area contributed by atoms with Crippen LogP contribution >= 0.6 is 0 Å². The molecule has 0 fully saturated rings. The highest BCUT2D eigenvalue weighted by Gasteiger charge is 2.15. The first-order valence-corrected chi connectivity index (χ1v) is 6.70. The van der Waals surface area contributed by atoms with Crippen molar-refractivity contribution < 1.29 is 18.3 Å². The lowest BCUT2D eigenvalue weighted by molar-refractivity contribution is 0.172. The highest BCUT2D eigenvalue weighted by molar-refractivity contribution is 5.82. The third-order valence-corrected chi connectivity index (χ3v) is 3.33. The van der Waals surface area contributed by atoms with Gasteiger partial charge in [-0.1, -0.05) is 0 Å². The van der Waals surface area contributed by atoms with E-state index in [4.69, 9.17) is 9.47 Å². The molecule has 0 radical (unpaired) electrons. The molecular weight excluding hydrogens is 292 g/mol. The van der Waals surface area contributed by atoms with Crippen molar-refractivity contribution in [1.29, 1.82) is 0 Å². The van der Waals surface area contributed by atoms with Gasteiger partial charge in [-0.3, -0.25) is 0 Å². The molecule has 7 heteroatoms. The third kappa shape index (κ3) is 2.20. The van der Waals surface area contributed by atoms with Gasteiger partial charge in [-0.25, -0.2) is 13.8 Å². The SMILES string of the molecule is Fc1ccc(Nc2nc3cc4c(cc3[nH]2)OCCO4)c(F)c1. The zero-order valence-electron chi connectivity index (χ0n) is 11.3. The van der Waals surface area contributed by atoms with E-state index in [0.29, 0.717) is 36.2 Å². The first kappa shape index (κ1) is 12.9. The van der Waals surface area contributed by atoms with Gasteiger partial charge in [0.05, 0.1) is 16.7 Å². The summed E-state index contributed by atoms with van der Waals surface area (Å²) >= 11 is 0. The van der Waals surface area contributed by atoms with Gasteiger partial charge in [0.2, 0.25) is 5.95 Å². The van der Waals surface area contributed by atoms with Crippen LogP contribution in [0.25, 0.3) is 11.0 Å². The summed E-state index contributed by atoms with van der Waals surface area (Å²) in [6.45, 7) is 0.993. The molecule has 0 saturated carbocycles. The van der Waals surface area contributed by atoms with E-state index < -0.39 is 11.6 Å². The normalized spacial score (nSPS) is 13.4. The molecule has 0 unspecified atom stereocenters. The third-order valence-electron chi connectivity index (χ3n) is 3.33. The van der Waals surface area contributed by atoms with E-state index >= 15 is 0 Å². The van der Waals surface area contributed by atoms with Crippen LogP contribution in [0.15, 0.2) is 30.3 Å². The Morgan fingerprint density at radius 1 is 1.05 bits per heavy atom. The van der Waals surface area contributed by atoms with Crippen molar-refractivity contribution >= 4 is 22.7 Å². The van der Waals surface area contributed by atoms with Crippen LogP contribution in [-0.4, -0.2) is 23.2 Å². The minimum atomic E-state index is -0.689. The molecule has 4 rings (SSSR count). The predicted octanol–water partition coefficient (Wildman–Crippen LogP) is 3.36. The van der Waals surface area contributed by atoms with Crippen LogP contribution in [-0.2, 0) is 0 Å². The molecule has 2 heterocycles. The van der Waals surface area contributed by atoms with Crippen molar-refractivity contribution in [2.75, 3.05) is 18.5 Å². The van der Waals surface area contributed by atoms with Gasteiger partial charge >= 0.3 is 0 Å². The van der Waals surface area contributed by atoms with E-state index in [0.717, 1.165) is 11.6 Å². The van der Waals surface area contributed by atoms with Crippen molar-refractivity contribution in [3.8, 4) is 11.5 Å². The monoisotopic (exact) mass is 303 g/mol. The number of hydrogen-bond acceptors (Lipinski definition) is 4. The van der Waals surface area contributed by atoms with Crippen molar-refractivity contribution in [3.05, 3.63) is 42.0 Å². The maximum Gasteiger partial charge on any atom is 0.205 e. The maximum atomic E-state index is 13.7. The molecule has 3 aromatic rings. The Kier molecular flexibility index (Phi) is 2.85. The van der Waals surface area contributed by atoms with E-state index in [1.807, 2.05) is 0 Å². The number of benzene rings is 2. The van der Waals surface area contributed by atoms with E-state index in [1.165, 1.54) is 12.1 Å². The van der Waals surface area contributed by atoms with Crippen molar-refractivity contribution in [1.82, 2.24) is 9.97 Å². The molecule has 0 saturated heterocycles. The molecule has 112 valence electrons. The molecule has 1 aromatic heterocycles. The number of hydrogen-bond donors (Lipinski definition) is 2. The molecule has 0 amide bonds. The van der Waals surface area contributed by atoms with Gasteiger partial charge in [0.1, 0.15) is 24.8 Å². The zero-order valence-corrected chi connectivity index (χ0v) is 11.3. The lowest BCUT2D eigenvalue weighted by atomic mass is 10.2. The zero-order chi connectivity index (χ0) is 15.1. The van der Waals surface area contributed by atoms with Crippen LogP contribution in [0, 0.1) is 11.6 Å². The summed E-state index contributed by atoms with van der Waals surface area (Å²) in [6, 6.07) is 6.84. The molecule has 2 aromatic carbocycles. The van der Waals surface area contributed by atoms with Crippen LogP contribution in [0.2, 0.25) is 0 Å². The maximum absolute atomic E-state index is 13.7. The number of rotatable bonds is 2. The number of halogens is 2. The first-order chi connectivity index (χ1) is 10.7. The molecule has 1 aliphatic rings. The summed E-state index contributed by atoms with van der Waals surface area (Å²) in [5, 5.41) is 2.79. The van der Waals surface area contributed by atoms with E-state index in [1.54, 1.807) is 12.1 Å². The largest absolute Gasteiger partial charge is 0.486 e. The number of aromatic nitrogens is 2. The summed E-state index contributed by atoms with van der Waals surface area (Å²) in [4.78, 5) is 7.33. The molecule has 2 N–H and O–H groups in total. The van der Waals surface area contributed by atoms with Crippen LogP contribution in [0.3, 0.4) is 0 Å². The quantitative estimate of drug-likeness (QED) is 0.762. The highest BCUT2D eigenvalue weighted by Crippen LogP contribution is 2.34. The number of nitrogens with zero attached hydrogens (tertiary/aromatic N) is 1. The van der Waals surface area contributed by atoms with Crippen molar-refractivity contribution in [3.63, 3.8) is 0 Å². The molecule has 5 nitrogen and oxygen atoms in total. The molecule has 0 bridgehead atoms. The van der Waals surface area contributed by atoms with Gasteiger partial charge in [0, 0.05) is 18.2 Å². The predicted molar refractivity (Wildman–Crippen MR) is 76.7 cm³/mol. The van der Waals surface area contributed by atoms with Gasteiger partial charge < -0.3 is 19.8 Å². The molecule has 22 heavy (non-hydrogen) atoms. The molecule has 0 spiro atoms. The minimum absolute atomic E-state index is 0.137. The number of nitrogens with one attached hydrogen (secondary N) is 2. The second-order valence-electron chi connectivity index (χ2n) is 4.85. The Bertz CT molecular complexity index is 820. The van der Waals surface area contributed by atoms with E-state index in [2.05, 4.69) is 15.3 Å². The smallest absolute Gasteiger partial charge is 0.205 e.